The number of fused-ring (bicyclic) bond motifs is 1. The van der Waals surface area contributed by atoms with Crippen LogP contribution in [0.3, 0.4) is 0 Å². The number of nitrogens with one attached hydrogen (secondary N) is 1. The van der Waals surface area contributed by atoms with E-state index >= 15 is 0 Å². The topological polar surface area (TPSA) is 55.4 Å². The number of ether oxygens (including phenoxy) is 1. The third-order valence-corrected chi connectivity index (χ3v) is 5.30. The first-order valence-electron chi connectivity index (χ1n) is 7.19. The Labute approximate surface area is 148 Å². The monoisotopic (exact) mass is 359 g/mol. The predicted octanol–water partition coefficient (Wildman–Crippen LogP) is 4.90. The van der Waals surface area contributed by atoms with Crippen LogP contribution in [0.4, 0.5) is 5.69 Å². The van der Waals surface area contributed by atoms with E-state index in [1.54, 1.807) is 24.3 Å². The molecule has 4 nitrogen and oxygen atoms in total. The van der Waals surface area contributed by atoms with Crippen LogP contribution in [0.1, 0.15) is 25.6 Å². The van der Waals surface area contributed by atoms with Gasteiger partial charge >= 0.3 is 5.97 Å². The summed E-state index contributed by atoms with van der Waals surface area (Å²) in [5.41, 5.74) is 1.70. The predicted molar refractivity (Wildman–Crippen MR) is 97.3 cm³/mol. The van der Waals surface area contributed by atoms with Crippen molar-refractivity contribution in [2.75, 3.05) is 12.4 Å². The molecule has 122 valence electrons. The first kappa shape index (κ1) is 16.5. The minimum atomic E-state index is -0.510. The Morgan fingerprint density at radius 1 is 1.12 bits per heavy atom. The number of aryl methyl sites for hydroxylation is 1. The van der Waals surface area contributed by atoms with E-state index in [-0.39, 0.29) is 5.91 Å². The van der Waals surface area contributed by atoms with Gasteiger partial charge in [0, 0.05) is 10.1 Å². The molecule has 0 unspecified atom stereocenters. The molecule has 0 saturated heterocycles. The number of halogens is 1. The van der Waals surface area contributed by atoms with Crippen molar-refractivity contribution < 1.29 is 14.3 Å². The van der Waals surface area contributed by atoms with Crippen LogP contribution >= 0.6 is 22.9 Å². The van der Waals surface area contributed by atoms with Gasteiger partial charge in [0.25, 0.3) is 5.91 Å². The number of esters is 1. The molecule has 0 bridgehead atoms. The number of rotatable bonds is 3. The first-order valence-corrected chi connectivity index (χ1v) is 8.38. The third kappa shape index (κ3) is 2.88. The standard InChI is InChI=1S/C18H14ClNO3S/c1-10-6-5-9-13-14(10)15(19)16(24-13)17(21)20-12-8-4-3-7-11(12)18(22)23-2/h3-9H,1-2H3,(H,20,21). The molecule has 6 heteroatoms. The van der Waals surface area contributed by atoms with Gasteiger partial charge in [-0.15, -0.1) is 11.3 Å². The molecule has 0 aliphatic carbocycles. The lowest BCUT2D eigenvalue weighted by Gasteiger charge is -2.09. The number of carbonyl (C=O) groups is 2. The second-order valence-corrected chi connectivity index (χ2v) is 6.61. The van der Waals surface area contributed by atoms with Crippen LogP contribution in [-0.2, 0) is 4.74 Å². The first-order chi connectivity index (χ1) is 11.5. The lowest BCUT2D eigenvalue weighted by atomic mass is 10.1. The number of hydrogen-bond donors (Lipinski definition) is 1. The zero-order valence-electron chi connectivity index (χ0n) is 13.1. The van der Waals surface area contributed by atoms with Gasteiger partial charge < -0.3 is 10.1 Å². The average molecular weight is 360 g/mol. The van der Waals surface area contributed by atoms with Gasteiger partial charge in [-0.25, -0.2) is 4.79 Å². The molecule has 3 rings (SSSR count). The number of anilines is 1. The summed E-state index contributed by atoms with van der Waals surface area (Å²) < 4.78 is 5.69. The number of para-hydroxylation sites is 1. The number of amides is 1. The fourth-order valence-electron chi connectivity index (χ4n) is 2.48. The maximum Gasteiger partial charge on any atom is 0.339 e. The summed E-state index contributed by atoms with van der Waals surface area (Å²) in [4.78, 5) is 24.9. The number of benzene rings is 2. The smallest absolute Gasteiger partial charge is 0.339 e. The minimum Gasteiger partial charge on any atom is -0.465 e. The third-order valence-electron chi connectivity index (χ3n) is 3.65. The van der Waals surface area contributed by atoms with E-state index < -0.39 is 5.97 Å². The van der Waals surface area contributed by atoms with Crippen molar-refractivity contribution in [1.29, 1.82) is 0 Å². The maximum absolute atomic E-state index is 12.6. The van der Waals surface area contributed by atoms with E-state index in [1.165, 1.54) is 18.4 Å². The highest BCUT2D eigenvalue weighted by atomic mass is 35.5. The molecule has 1 heterocycles. The van der Waals surface area contributed by atoms with Gasteiger partial charge in [0.15, 0.2) is 0 Å². The highest BCUT2D eigenvalue weighted by Crippen LogP contribution is 2.37. The Morgan fingerprint density at radius 3 is 2.58 bits per heavy atom. The molecule has 0 atom stereocenters. The molecule has 1 aromatic heterocycles. The average Bonchev–Trinajstić information content (AvgIpc) is 2.93. The number of hydrogen-bond acceptors (Lipinski definition) is 4. The quantitative estimate of drug-likeness (QED) is 0.676. The van der Waals surface area contributed by atoms with Gasteiger partial charge in [0.2, 0.25) is 0 Å². The molecular weight excluding hydrogens is 346 g/mol. The van der Waals surface area contributed by atoms with Gasteiger partial charge in [-0.05, 0) is 30.7 Å². The molecular formula is C18H14ClNO3S. The zero-order valence-corrected chi connectivity index (χ0v) is 14.6. The SMILES string of the molecule is COC(=O)c1ccccc1NC(=O)c1sc2cccc(C)c2c1Cl. The summed E-state index contributed by atoms with van der Waals surface area (Å²) in [6.45, 7) is 1.95. The Morgan fingerprint density at radius 2 is 1.88 bits per heavy atom. The van der Waals surface area contributed by atoms with Crippen molar-refractivity contribution in [3.63, 3.8) is 0 Å². The summed E-state index contributed by atoms with van der Waals surface area (Å²) in [5.74, 6) is -0.860. The largest absolute Gasteiger partial charge is 0.465 e. The molecule has 1 amide bonds. The molecule has 0 aliphatic rings. The fourth-order valence-corrected chi connectivity index (χ4v) is 4.06. The maximum atomic E-state index is 12.6. The van der Waals surface area contributed by atoms with E-state index in [4.69, 9.17) is 16.3 Å². The highest BCUT2D eigenvalue weighted by molar-refractivity contribution is 7.21. The van der Waals surface area contributed by atoms with E-state index in [2.05, 4.69) is 5.32 Å². The summed E-state index contributed by atoms with van der Waals surface area (Å²) in [5, 5.41) is 4.07. The van der Waals surface area contributed by atoms with Crippen LogP contribution < -0.4 is 5.32 Å². The van der Waals surface area contributed by atoms with Crippen LogP contribution in [0.25, 0.3) is 10.1 Å². The number of methoxy groups -OCH3 is 1. The molecule has 3 aromatic rings. The summed E-state index contributed by atoms with van der Waals surface area (Å²) in [6, 6.07) is 12.5. The second kappa shape index (κ2) is 6.63. The normalized spacial score (nSPS) is 10.6. The molecule has 0 fully saturated rings. The van der Waals surface area contributed by atoms with E-state index in [9.17, 15) is 9.59 Å². The lowest BCUT2D eigenvalue weighted by molar-refractivity contribution is 0.0602. The van der Waals surface area contributed by atoms with Crippen molar-refractivity contribution in [3.8, 4) is 0 Å². The highest BCUT2D eigenvalue weighted by Gasteiger charge is 2.20. The Balaban J connectivity index is 1.99. The summed E-state index contributed by atoms with van der Waals surface area (Å²) >= 11 is 7.74. The van der Waals surface area contributed by atoms with Crippen molar-refractivity contribution in [1.82, 2.24) is 0 Å². The van der Waals surface area contributed by atoms with Crippen molar-refractivity contribution in [2.45, 2.75) is 6.92 Å². The van der Waals surface area contributed by atoms with Crippen LogP contribution in [-0.4, -0.2) is 19.0 Å². The van der Waals surface area contributed by atoms with Gasteiger partial charge in [-0.3, -0.25) is 4.79 Å². The van der Waals surface area contributed by atoms with E-state index in [0.29, 0.717) is 21.2 Å². The van der Waals surface area contributed by atoms with Gasteiger partial charge in [-0.1, -0.05) is 35.9 Å². The Hall–Kier alpha value is -2.37. The molecule has 0 aliphatic heterocycles. The lowest BCUT2D eigenvalue weighted by Crippen LogP contribution is -2.14. The molecule has 1 N–H and O–H groups in total. The summed E-state index contributed by atoms with van der Waals surface area (Å²) in [6.07, 6.45) is 0. The van der Waals surface area contributed by atoms with E-state index in [0.717, 1.165) is 15.6 Å². The zero-order chi connectivity index (χ0) is 17.3. The molecule has 24 heavy (non-hydrogen) atoms. The Kier molecular flexibility index (Phi) is 4.55. The van der Waals surface area contributed by atoms with Gasteiger partial charge in [0.05, 0.1) is 23.4 Å². The second-order valence-electron chi connectivity index (χ2n) is 5.18. The van der Waals surface area contributed by atoms with Crippen molar-refractivity contribution in [2.24, 2.45) is 0 Å². The minimum absolute atomic E-state index is 0.293. The van der Waals surface area contributed by atoms with Crippen molar-refractivity contribution >= 4 is 50.6 Å². The molecule has 0 saturated carbocycles. The summed E-state index contributed by atoms with van der Waals surface area (Å²) in [7, 11) is 1.30. The number of thiophene rings is 1. The van der Waals surface area contributed by atoms with E-state index in [1.807, 2.05) is 25.1 Å². The number of carbonyl (C=O) groups excluding carboxylic acids is 2. The van der Waals surface area contributed by atoms with Gasteiger partial charge in [-0.2, -0.15) is 0 Å². The fraction of sp³-hybridized carbons (Fsp3) is 0.111. The van der Waals surface area contributed by atoms with Crippen LogP contribution in [0.5, 0.6) is 0 Å². The Bertz CT molecular complexity index is 949. The molecule has 2 aromatic carbocycles. The van der Waals surface area contributed by atoms with Crippen molar-refractivity contribution in [3.05, 3.63) is 63.5 Å². The molecule has 0 spiro atoms. The molecule has 0 radical (unpaired) electrons. The van der Waals surface area contributed by atoms with Crippen LogP contribution in [0.15, 0.2) is 42.5 Å². The van der Waals surface area contributed by atoms with Crippen LogP contribution in [0.2, 0.25) is 5.02 Å². The van der Waals surface area contributed by atoms with Crippen LogP contribution in [0, 0.1) is 6.92 Å². The van der Waals surface area contributed by atoms with Gasteiger partial charge in [0.1, 0.15) is 4.88 Å².